The Balaban J connectivity index is 0.540. The third-order valence-electron chi connectivity index (χ3n) is 28.2. The van der Waals surface area contributed by atoms with E-state index in [0.29, 0.717) is 22.4 Å². The van der Waals surface area contributed by atoms with Crippen LogP contribution in [0.3, 0.4) is 0 Å². The molecule has 625 valence electrons. The van der Waals surface area contributed by atoms with Gasteiger partial charge in [-0.05, 0) is 230 Å². The Morgan fingerprint density at radius 1 is 0.319 bits per heavy atom. The van der Waals surface area contributed by atoms with Crippen LogP contribution in [-0.4, -0.2) is 23.8 Å². The van der Waals surface area contributed by atoms with E-state index in [1.54, 1.807) is 8.96 Å². The molecule has 4 aromatic heterocycles. The van der Waals surface area contributed by atoms with Crippen molar-refractivity contribution in [3.05, 3.63) is 528 Å². The van der Waals surface area contributed by atoms with Crippen LogP contribution in [-0.2, 0) is 10.8 Å². The number of halogens is 1. The minimum atomic E-state index is -1.66. The number of aromatic nitrogens is 4. The average Bonchev–Trinajstić information content (AvgIpc) is 1.53. The van der Waals surface area contributed by atoms with Gasteiger partial charge in [-0.2, -0.15) is 10.5 Å². The number of hydrogen-bond donors (Lipinski definition) is 0. The zero-order valence-corrected chi connectivity index (χ0v) is 72.9. The smallest absolute Gasteiger partial charge is 0.311 e. The number of para-hydroxylation sites is 2. The molecule has 26 rings (SSSR count). The predicted molar refractivity (Wildman–Crippen MR) is 543 cm³/mol. The molecule has 0 N–H and O–H groups in total. The van der Waals surface area contributed by atoms with Crippen molar-refractivity contribution in [2.75, 3.05) is 9.80 Å². The van der Waals surface area contributed by atoms with Gasteiger partial charge in [0.25, 0.3) is 0 Å². The summed E-state index contributed by atoms with van der Waals surface area (Å²) in [5.74, 6) is 1.36. The van der Waals surface area contributed by atoms with E-state index < -0.39 is 18.1 Å². The molecule has 0 bridgehead atoms. The van der Waals surface area contributed by atoms with Crippen LogP contribution in [0.15, 0.2) is 471 Å². The molecule has 2 aliphatic carbocycles. The summed E-state index contributed by atoms with van der Waals surface area (Å²) in [6.07, 6.45) is 4.14. The number of nitriles is 2. The van der Waals surface area contributed by atoms with Crippen LogP contribution in [0, 0.1) is 22.7 Å². The summed E-state index contributed by atoms with van der Waals surface area (Å²) in [5, 5.41) is 28.9. The molecule has 1 radical (unpaired) electrons. The third kappa shape index (κ3) is 11.9. The molecule has 0 amide bonds. The van der Waals surface area contributed by atoms with Crippen molar-refractivity contribution in [3.63, 3.8) is 0 Å². The molecule has 0 unspecified atom stereocenters. The highest BCUT2D eigenvalue weighted by Crippen LogP contribution is 2.62. The molecule has 18 aromatic carbocycles. The molecule has 0 saturated heterocycles. The lowest BCUT2D eigenvalue weighted by Crippen LogP contribution is -2.58. The Morgan fingerprint density at radius 3 is 1.12 bits per heavy atom. The molecule has 2 aliphatic heterocycles. The lowest BCUT2D eigenvalue weighted by atomic mass is 9.67. The van der Waals surface area contributed by atoms with E-state index in [1.807, 2.05) is 109 Å². The van der Waals surface area contributed by atoms with Gasteiger partial charge in [0.05, 0.1) is 56.3 Å². The number of benzene rings is 18. The fourth-order valence-corrected chi connectivity index (χ4v) is 22.5. The molecule has 0 spiro atoms. The number of pyridine rings is 2. The van der Waals surface area contributed by atoms with E-state index in [-0.39, 0.29) is 11.1 Å². The maximum atomic E-state index is 18.7. The monoisotopic (exact) mass is 1720 g/mol. The molecule has 0 fully saturated rings. The van der Waals surface area contributed by atoms with Crippen LogP contribution in [0.5, 0.6) is 0 Å². The Labute approximate surface area is 779 Å². The fraction of sp³-hybridized carbons (Fsp3) is 0.0164. The van der Waals surface area contributed by atoms with E-state index in [9.17, 15) is 10.5 Å². The summed E-state index contributed by atoms with van der Waals surface area (Å²) in [6, 6.07) is 163. The zero-order valence-electron chi connectivity index (χ0n) is 72.9. The Kier molecular flexibility index (Phi) is 18.1. The van der Waals surface area contributed by atoms with Crippen LogP contribution in [0.25, 0.3) is 121 Å². The van der Waals surface area contributed by atoms with Crippen molar-refractivity contribution in [1.29, 1.82) is 10.5 Å². The third-order valence-corrected chi connectivity index (χ3v) is 28.2. The molecule has 0 atom stereocenters. The summed E-state index contributed by atoms with van der Waals surface area (Å²) in [4.78, 5) is 15.7. The highest BCUT2D eigenvalue weighted by atomic mass is 19.1. The second-order valence-corrected chi connectivity index (χ2v) is 35.2. The predicted octanol–water partition coefficient (Wildman–Crippen LogP) is 27.0. The van der Waals surface area contributed by atoms with Crippen LogP contribution in [0.1, 0.15) is 55.6 Å². The van der Waals surface area contributed by atoms with Crippen LogP contribution < -0.4 is 29.7 Å². The fourth-order valence-electron chi connectivity index (χ4n) is 22.5. The van der Waals surface area contributed by atoms with E-state index in [2.05, 4.69) is 390 Å². The van der Waals surface area contributed by atoms with Gasteiger partial charge < -0.3 is 14.3 Å². The van der Waals surface area contributed by atoms with Crippen molar-refractivity contribution in [2.24, 2.45) is 9.98 Å². The summed E-state index contributed by atoms with van der Waals surface area (Å²) in [5.41, 5.74) is 30.6. The van der Waals surface area contributed by atoms with Crippen molar-refractivity contribution < 1.29 is 13.3 Å². The summed E-state index contributed by atoms with van der Waals surface area (Å²) in [7, 11) is 0.550. The standard InChI is InChI=1S/C122H76B2FN10/c125-124-131-78-86(74-104(118(131)129-120-102-50-24-30-84-32-26-56-112(114(84)102)135(120)124)98-48-28-54-110-116(98)100-46-20-22-52-108(100)122(110,89-37-11-3-12-38-89)90-39-13-4-14-40-90)80-59-67-94(68-60-80)133(92-43-17-6-18-44-92)96-71-63-82(64-72-96)106(76-127)105(75-126)81-61-69-95(70-62-81)132(91-41-15-5-16-42-91)93-65-57-79(58-66-93)85-73-103(117-128-119-101-49-23-29-83-31-25-55-111(113(83)101)134(119)123-130(117)77-85)97-47-27-53-109-115(97)99-45-19-21-51-107(99)121(109,87-33-7-1-8-34-87)88-35-9-2-10-36-88/h1-74,77-78H/q+2/b106-105+. The molecule has 4 aliphatic rings. The normalized spacial score (nSPS) is 13.3. The summed E-state index contributed by atoms with van der Waals surface area (Å²) in [6.45, 7) is 0. The molecule has 10 nitrogen and oxygen atoms in total. The van der Waals surface area contributed by atoms with Gasteiger partial charge in [-0.15, -0.1) is 0 Å². The Bertz CT molecular complexity index is 8760. The Hall–Kier alpha value is -17.9. The van der Waals surface area contributed by atoms with E-state index >= 15 is 4.32 Å². The number of anilines is 6. The number of allylic oxidation sites excluding steroid dienone is 2. The number of rotatable bonds is 16. The van der Waals surface area contributed by atoms with E-state index in [1.165, 1.54) is 49.7 Å². The van der Waals surface area contributed by atoms with Crippen LogP contribution in [0.4, 0.5) is 50.1 Å². The van der Waals surface area contributed by atoms with Crippen LogP contribution in [0.2, 0.25) is 0 Å². The maximum Gasteiger partial charge on any atom is 0.727 e. The van der Waals surface area contributed by atoms with Gasteiger partial charge in [0.15, 0.2) is 0 Å². The van der Waals surface area contributed by atoms with Gasteiger partial charge in [0, 0.05) is 67.1 Å². The quantitative estimate of drug-likeness (QED) is 0.0547. The minimum Gasteiger partial charge on any atom is -0.311 e. The first-order valence-electron chi connectivity index (χ1n) is 45.6. The lowest BCUT2D eigenvalue weighted by Gasteiger charge is -2.34. The van der Waals surface area contributed by atoms with Crippen molar-refractivity contribution in [2.45, 2.75) is 10.8 Å². The van der Waals surface area contributed by atoms with Crippen molar-refractivity contribution in [3.8, 4) is 78.9 Å². The van der Waals surface area contributed by atoms with Crippen molar-refractivity contribution >= 4 is 115 Å². The second-order valence-electron chi connectivity index (χ2n) is 35.2. The SMILES string of the molecule is N#C/C(=C(/C#N)c1ccc(N(c2ccccc2)c2ccc(-c3cc(-c4cccc5c4-c4ccccc4C5(c4ccccc4)c4ccccc4)c4[n+](c3)B(F)n3c(c5cccc6cccc3c65)=N4)cc2)cc1)c1ccc(N(c2ccccc2)c2ccc(-c3cc(-c4cccc5c4-c4ccccc4C5(c4ccccc4)c4ccccc4)c4[n+](c3)[B]n3c(c5cccc6cccc3c65)=N4)cc2)cc1. The highest BCUT2D eigenvalue weighted by Gasteiger charge is 2.51. The summed E-state index contributed by atoms with van der Waals surface area (Å²) < 4.78 is 26.6. The van der Waals surface area contributed by atoms with Crippen molar-refractivity contribution in [1.82, 2.24) is 8.96 Å². The second kappa shape index (κ2) is 31.2. The number of hydrogen-bond acceptors (Lipinski definition) is 6. The van der Waals surface area contributed by atoms with Gasteiger partial charge in [-0.1, -0.05) is 340 Å². The van der Waals surface area contributed by atoms with Gasteiger partial charge >= 0.3 is 26.4 Å². The lowest BCUT2D eigenvalue weighted by molar-refractivity contribution is -0.535. The molecule has 13 heteroatoms. The van der Waals surface area contributed by atoms with Gasteiger partial charge in [0.1, 0.15) is 12.1 Å². The molecule has 22 aromatic rings. The average molecular weight is 1720 g/mol. The first-order valence-corrected chi connectivity index (χ1v) is 45.6. The molecule has 0 saturated carbocycles. The number of fused-ring (bicyclic) bond motifs is 14. The van der Waals surface area contributed by atoms with Gasteiger partial charge in [0.2, 0.25) is 11.0 Å². The van der Waals surface area contributed by atoms with Gasteiger partial charge in [-0.3, -0.25) is 13.3 Å². The topological polar surface area (TPSA) is 96.4 Å². The molecule has 135 heavy (non-hydrogen) atoms. The number of nitrogens with zero attached hydrogens (tertiary/aromatic N) is 10. The minimum absolute atomic E-state index is 0.246. The largest absolute Gasteiger partial charge is 0.727 e. The molecular formula is C122H76B2FN10+2. The van der Waals surface area contributed by atoms with Crippen LogP contribution >= 0.6 is 0 Å². The van der Waals surface area contributed by atoms with E-state index in [0.717, 1.165) is 150 Å². The Morgan fingerprint density at radius 2 is 0.667 bits per heavy atom. The first-order chi connectivity index (χ1) is 66.8. The van der Waals surface area contributed by atoms with Gasteiger partial charge in [-0.25, -0.2) is 4.48 Å². The molecule has 6 heterocycles. The molecular weight excluding hydrogens is 1650 g/mol. The van der Waals surface area contributed by atoms with E-state index in [4.69, 9.17) is 9.98 Å². The maximum absolute atomic E-state index is 18.7. The first kappa shape index (κ1) is 78.2. The zero-order chi connectivity index (χ0) is 89.6. The highest BCUT2D eigenvalue weighted by molar-refractivity contribution is 6.42. The summed E-state index contributed by atoms with van der Waals surface area (Å²) >= 11 is 0.